The zero-order chi connectivity index (χ0) is 12.0. The van der Waals surface area contributed by atoms with Crippen LogP contribution in [0.3, 0.4) is 0 Å². The topological polar surface area (TPSA) is 44.2 Å². The summed E-state index contributed by atoms with van der Waals surface area (Å²) in [7, 11) is 1.65. The quantitative estimate of drug-likeness (QED) is 0.753. The predicted octanol–water partition coefficient (Wildman–Crippen LogP) is 1.84. The summed E-state index contributed by atoms with van der Waals surface area (Å²) >= 11 is 0.0659. The third kappa shape index (κ3) is 1.58. The first-order valence-corrected chi connectivity index (χ1v) is 6.94. The Morgan fingerprint density at radius 1 is 1.35 bits per heavy atom. The van der Waals surface area contributed by atoms with Crippen LogP contribution in [0.15, 0.2) is 18.2 Å². The fourth-order valence-electron chi connectivity index (χ4n) is 1.99. The van der Waals surface area contributed by atoms with Crippen molar-refractivity contribution >= 4 is 14.7 Å². The van der Waals surface area contributed by atoms with Crippen LogP contribution in [0.2, 0.25) is 0 Å². The first kappa shape index (κ1) is 10.8. The molecule has 4 nitrogen and oxygen atoms in total. The van der Waals surface area contributed by atoms with Crippen molar-refractivity contribution in [3.63, 3.8) is 0 Å². The Kier molecular flexibility index (Phi) is 2.28. The van der Waals surface area contributed by atoms with E-state index in [0.29, 0.717) is 0 Å². The summed E-state index contributed by atoms with van der Waals surface area (Å²) in [6, 6.07) is 5.81. The Balaban J connectivity index is 2.23. The molecule has 3 rings (SSSR count). The molecular weight excluding hydrogens is 283 g/mol. The van der Waals surface area contributed by atoms with Gasteiger partial charge in [0.15, 0.2) is 0 Å². The van der Waals surface area contributed by atoms with Crippen molar-refractivity contribution in [1.29, 1.82) is 0 Å². The van der Waals surface area contributed by atoms with Gasteiger partial charge in [-0.2, -0.15) is 0 Å². The molecule has 0 N–H and O–H groups in total. The van der Waals surface area contributed by atoms with E-state index in [4.69, 9.17) is 9.47 Å². The van der Waals surface area contributed by atoms with Gasteiger partial charge >= 0.3 is 105 Å². The molecule has 0 saturated heterocycles. The van der Waals surface area contributed by atoms with Crippen LogP contribution >= 0.6 is 0 Å². The van der Waals surface area contributed by atoms with Gasteiger partial charge in [-0.25, -0.2) is 0 Å². The molecule has 2 heterocycles. The van der Waals surface area contributed by atoms with Crippen LogP contribution in [0, 0.1) is 0 Å². The van der Waals surface area contributed by atoms with E-state index in [1.54, 1.807) is 7.11 Å². The van der Waals surface area contributed by atoms with Gasteiger partial charge in [0.05, 0.1) is 0 Å². The van der Waals surface area contributed by atoms with E-state index in [2.05, 4.69) is 23.0 Å². The molecule has 1 aromatic carbocycles. The standard InChI is InChI=1S/C12H12N2O2Se/c1-12(2)11-10(13-14-17-11)8-5-4-7(15-3)6-9(8)16-12/h4-6H,1-3H3. The average Bonchev–Trinajstić information content (AvgIpc) is 2.77. The Labute approximate surface area is 106 Å². The number of aromatic nitrogens is 2. The van der Waals surface area contributed by atoms with Crippen LogP contribution < -0.4 is 9.47 Å². The SMILES string of the molecule is COc1ccc2c(c1)OC(C)(C)c1[se]nnc1-2. The van der Waals surface area contributed by atoms with E-state index in [0.717, 1.165) is 22.8 Å². The number of methoxy groups -OCH3 is 1. The van der Waals surface area contributed by atoms with Crippen molar-refractivity contribution in [3.05, 3.63) is 22.6 Å². The molecule has 0 atom stereocenters. The van der Waals surface area contributed by atoms with Gasteiger partial charge in [0.25, 0.3) is 0 Å². The number of benzene rings is 1. The molecule has 2 aromatic rings. The molecule has 0 saturated carbocycles. The van der Waals surface area contributed by atoms with Crippen molar-refractivity contribution in [3.8, 4) is 22.8 Å². The summed E-state index contributed by atoms with van der Waals surface area (Å²) in [6.07, 6.45) is 0. The van der Waals surface area contributed by atoms with Crippen LogP contribution in [-0.4, -0.2) is 31.0 Å². The van der Waals surface area contributed by atoms with Crippen molar-refractivity contribution in [1.82, 2.24) is 9.19 Å². The molecule has 0 amide bonds. The second-order valence-corrected chi connectivity index (χ2v) is 6.01. The number of ether oxygens (including phenoxy) is 2. The van der Waals surface area contributed by atoms with Crippen molar-refractivity contribution in [2.75, 3.05) is 7.11 Å². The van der Waals surface area contributed by atoms with Gasteiger partial charge in [-0.3, -0.25) is 0 Å². The number of hydrogen-bond acceptors (Lipinski definition) is 4. The van der Waals surface area contributed by atoms with Crippen LogP contribution in [0.4, 0.5) is 0 Å². The van der Waals surface area contributed by atoms with E-state index < -0.39 is 0 Å². The van der Waals surface area contributed by atoms with Gasteiger partial charge in [0.1, 0.15) is 0 Å². The second kappa shape index (κ2) is 3.59. The Morgan fingerprint density at radius 2 is 2.18 bits per heavy atom. The summed E-state index contributed by atoms with van der Waals surface area (Å²) < 4.78 is 16.6. The van der Waals surface area contributed by atoms with E-state index >= 15 is 0 Å². The molecule has 17 heavy (non-hydrogen) atoms. The number of hydrogen-bond donors (Lipinski definition) is 0. The molecule has 0 bridgehead atoms. The maximum absolute atomic E-state index is 6.03. The van der Waals surface area contributed by atoms with Gasteiger partial charge in [-0.1, -0.05) is 0 Å². The molecule has 1 aliphatic heterocycles. The Morgan fingerprint density at radius 3 is 2.94 bits per heavy atom. The van der Waals surface area contributed by atoms with E-state index in [-0.39, 0.29) is 20.3 Å². The van der Waals surface area contributed by atoms with E-state index in [9.17, 15) is 0 Å². The van der Waals surface area contributed by atoms with Crippen molar-refractivity contribution < 1.29 is 9.47 Å². The van der Waals surface area contributed by atoms with E-state index in [1.165, 1.54) is 4.44 Å². The molecule has 0 radical (unpaired) electrons. The third-order valence-electron chi connectivity index (χ3n) is 2.84. The van der Waals surface area contributed by atoms with Crippen molar-refractivity contribution in [2.45, 2.75) is 19.4 Å². The van der Waals surface area contributed by atoms with Gasteiger partial charge in [-0.05, 0) is 0 Å². The summed E-state index contributed by atoms with van der Waals surface area (Å²) in [5, 5.41) is 4.26. The number of fused-ring (bicyclic) bond motifs is 3. The Hall–Kier alpha value is -1.32. The van der Waals surface area contributed by atoms with Crippen LogP contribution in [0.5, 0.6) is 11.5 Å². The number of nitrogens with zero attached hydrogens (tertiary/aromatic N) is 2. The molecule has 0 spiro atoms. The summed E-state index contributed by atoms with van der Waals surface area (Å²) in [5.41, 5.74) is 1.68. The number of rotatable bonds is 1. The first-order chi connectivity index (χ1) is 8.12. The van der Waals surface area contributed by atoms with Crippen molar-refractivity contribution in [2.24, 2.45) is 0 Å². The molecule has 0 fully saturated rings. The first-order valence-electron chi connectivity index (χ1n) is 5.32. The Bertz CT molecular complexity index is 578. The van der Waals surface area contributed by atoms with Gasteiger partial charge in [-0.15, -0.1) is 0 Å². The molecular formula is C12H12N2O2Se. The van der Waals surface area contributed by atoms with Gasteiger partial charge in [0.2, 0.25) is 0 Å². The zero-order valence-electron chi connectivity index (χ0n) is 9.85. The molecule has 88 valence electrons. The average molecular weight is 295 g/mol. The zero-order valence-corrected chi connectivity index (χ0v) is 11.6. The van der Waals surface area contributed by atoms with Gasteiger partial charge < -0.3 is 0 Å². The summed E-state index contributed by atoms with van der Waals surface area (Å²) in [6.45, 7) is 4.12. The summed E-state index contributed by atoms with van der Waals surface area (Å²) in [4.78, 5) is 0. The molecule has 5 heteroatoms. The normalized spacial score (nSPS) is 15.7. The molecule has 0 unspecified atom stereocenters. The molecule has 0 aliphatic carbocycles. The fourth-order valence-corrected chi connectivity index (χ4v) is 3.47. The minimum absolute atomic E-state index is 0.0659. The predicted molar refractivity (Wildman–Crippen MR) is 64.6 cm³/mol. The van der Waals surface area contributed by atoms with E-state index in [1.807, 2.05) is 18.2 Å². The van der Waals surface area contributed by atoms with Crippen LogP contribution in [0.1, 0.15) is 18.3 Å². The molecule has 1 aliphatic rings. The fraction of sp³-hybridized carbons (Fsp3) is 0.333. The third-order valence-corrected chi connectivity index (χ3v) is 5.01. The molecule has 1 aromatic heterocycles. The summed E-state index contributed by atoms with van der Waals surface area (Å²) in [5.74, 6) is 1.62. The van der Waals surface area contributed by atoms with Crippen LogP contribution in [0.25, 0.3) is 11.3 Å². The minimum atomic E-state index is -0.321. The van der Waals surface area contributed by atoms with Gasteiger partial charge in [0, 0.05) is 0 Å². The maximum atomic E-state index is 6.03. The van der Waals surface area contributed by atoms with Crippen LogP contribution in [-0.2, 0) is 5.60 Å². The monoisotopic (exact) mass is 296 g/mol. The second-order valence-electron chi connectivity index (χ2n) is 4.43.